The monoisotopic (exact) mass is 437 g/mol. The van der Waals surface area contributed by atoms with Crippen molar-refractivity contribution in [2.24, 2.45) is 0 Å². The third-order valence-corrected chi connectivity index (χ3v) is 6.70. The van der Waals surface area contributed by atoms with Crippen LogP contribution in [0.3, 0.4) is 0 Å². The van der Waals surface area contributed by atoms with Crippen LogP contribution in [0.4, 0.5) is 0 Å². The Balaban J connectivity index is 1.52. The fourth-order valence-electron chi connectivity index (χ4n) is 4.72. The minimum atomic E-state index is -0.0203. The summed E-state index contributed by atoms with van der Waals surface area (Å²) in [6.45, 7) is 6.11. The first-order chi connectivity index (χ1) is 15.2. The van der Waals surface area contributed by atoms with Crippen LogP contribution < -0.4 is 5.32 Å². The number of piperidine rings is 1. The number of amides is 1. The van der Waals surface area contributed by atoms with Crippen molar-refractivity contribution in [1.29, 1.82) is 0 Å². The highest BCUT2D eigenvalue weighted by Crippen LogP contribution is 2.35. The first kappa shape index (κ1) is 21.9. The number of aromatic nitrogens is 1. The topological polar surface area (TPSA) is 48.1 Å². The number of carbonyl (C=O) groups is 1. The Morgan fingerprint density at radius 2 is 1.90 bits per heavy atom. The Morgan fingerprint density at radius 1 is 1.13 bits per heavy atom. The fourth-order valence-corrected chi connectivity index (χ4v) is 4.84. The number of halogens is 1. The number of benzene rings is 2. The maximum absolute atomic E-state index is 12.9. The maximum atomic E-state index is 12.9. The van der Waals surface area contributed by atoms with Gasteiger partial charge in [0.2, 0.25) is 5.91 Å². The summed E-state index contributed by atoms with van der Waals surface area (Å²) < 4.78 is 0. The Hall–Kier alpha value is -2.30. The maximum Gasteiger partial charge on any atom is 0.220 e. The molecule has 1 aliphatic heterocycles. The fraction of sp³-hybridized carbons (Fsp3) is 0.423. The van der Waals surface area contributed by atoms with E-state index in [0.717, 1.165) is 31.6 Å². The van der Waals surface area contributed by atoms with Gasteiger partial charge in [-0.2, -0.15) is 0 Å². The van der Waals surface area contributed by atoms with E-state index in [4.69, 9.17) is 11.6 Å². The number of aromatic amines is 1. The minimum Gasteiger partial charge on any atom is -0.361 e. The molecule has 2 aromatic carbocycles. The molecule has 1 atom stereocenters. The molecule has 0 spiro atoms. The molecule has 164 valence electrons. The van der Waals surface area contributed by atoms with Crippen LogP contribution in [0, 0.1) is 0 Å². The van der Waals surface area contributed by atoms with Crippen molar-refractivity contribution in [3.8, 4) is 0 Å². The van der Waals surface area contributed by atoms with Crippen molar-refractivity contribution in [1.82, 2.24) is 15.2 Å². The quantitative estimate of drug-likeness (QED) is 0.488. The number of para-hydroxylation sites is 1. The molecule has 1 amide bonds. The van der Waals surface area contributed by atoms with E-state index in [1.54, 1.807) is 0 Å². The largest absolute Gasteiger partial charge is 0.361 e. The van der Waals surface area contributed by atoms with Gasteiger partial charge in [0.05, 0.1) is 0 Å². The molecule has 1 unspecified atom stereocenters. The van der Waals surface area contributed by atoms with Crippen LogP contribution in [-0.2, 0) is 11.2 Å². The zero-order valence-electron chi connectivity index (χ0n) is 18.3. The van der Waals surface area contributed by atoms with Gasteiger partial charge in [0, 0.05) is 47.6 Å². The zero-order valence-corrected chi connectivity index (χ0v) is 19.0. The highest BCUT2D eigenvalue weighted by atomic mass is 35.5. The van der Waals surface area contributed by atoms with Gasteiger partial charge in [-0.3, -0.25) is 4.79 Å². The van der Waals surface area contributed by atoms with E-state index >= 15 is 0 Å². The molecular weight excluding hydrogens is 406 g/mol. The lowest BCUT2D eigenvalue weighted by Gasteiger charge is -2.26. The van der Waals surface area contributed by atoms with Crippen LogP contribution in [0.5, 0.6) is 0 Å². The molecule has 5 heteroatoms. The second kappa shape index (κ2) is 10.3. The van der Waals surface area contributed by atoms with E-state index in [0.29, 0.717) is 18.0 Å². The number of aryl methyl sites for hydroxylation is 1. The minimum absolute atomic E-state index is 0.0203. The molecule has 31 heavy (non-hydrogen) atoms. The van der Waals surface area contributed by atoms with Crippen LogP contribution in [0.15, 0.2) is 48.7 Å². The summed E-state index contributed by atoms with van der Waals surface area (Å²) >= 11 is 6.13. The van der Waals surface area contributed by atoms with Gasteiger partial charge < -0.3 is 15.2 Å². The number of fused-ring (bicyclic) bond motifs is 1. The summed E-state index contributed by atoms with van der Waals surface area (Å²) in [5, 5.41) is 5.06. The van der Waals surface area contributed by atoms with Gasteiger partial charge in [0.25, 0.3) is 0 Å². The van der Waals surface area contributed by atoms with Crippen LogP contribution in [0.25, 0.3) is 10.9 Å². The molecule has 0 aliphatic carbocycles. The predicted octanol–water partition coefficient (Wildman–Crippen LogP) is 5.51. The van der Waals surface area contributed by atoms with E-state index in [1.165, 1.54) is 41.3 Å². The highest BCUT2D eigenvalue weighted by Gasteiger charge is 2.22. The molecule has 0 bridgehead atoms. The van der Waals surface area contributed by atoms with Crippen molar-refractivity contribution in [3.63, 3.8) is 0 Å². The van der Waals surface area contributed by atoms with Gasteiger partial charge in [-0.25, -0.2) is 0 Å². The third-order valence-electron chi connectivity index (χ3n) is 6.45. The zero-order chi connectivity index (χ0) is 21.6. The Kier molecular flexibility index (Phi) is 7.31. The molecule has 4 rings (SSSR count). The lowest BCUT2D eigenvalue weighted by atomic mass is 9.87. The molecular formula is C26H32ClN3O. The Bertz CT molecular complexity index is 1010. The van der Waals surface area contributed by atoms with Gasteiger partial charge in [0.15, 0.2) is 0 Å². The first-order valence-electron chi connectivity index (χ1n) is 11.5. The van der Waals surface area contributed by atoms with Gasteiger partial charge in [0.1, 0.15) is 0 Å². The average molecular weight is 438 g/mol. The molecule has 2 N–H and O–H groups in total. The molecule has 1 saturated heterocycles. The molecule has 1 fully saturated rings. The van der Waals surface area contributed by atoms with Gasteiger partial charge in [-0.15, -0.1) is 0 Å². The molecule has 0 saturated carbocycles. The van der Waals surface area contributed by atoms with Gasteiger partial charge in [-0.05, 0) is 61.2 Å². The van der Waals surface area contributed by atoms with Crippen LogP contribution >= 0.6 is 11.6 Å². The number of likely N-dealkylation sites (tertiary alicyclic amines) is 1. The molecule has 1 aliphatic rings. The van der Waals surface area contributed by atoms with Crippen LogP contribution in [0.1, 0.15) is 55.2 Å². The predicted molar refractivity (Wildman–Crippen MR) is 129 cm³/mol. The van der Waals surface area contributed by atoms with Crippen molar-refractivity contribution in [3.05, 3.63) is 70.4 Å². The molecule has 1 aromatic heterocycles. The first-order valence-corrected chi connectivity index (χ1v) is 11.9. The summed E-state index contributed by atoms with van der Waals surface area (Å²) in [5.41, 5.74) is 4.74. The second-order valence-electron chi connectivity index (χ2n) is 8.50. The lowest BCUT2D eigenvalue weighted by molar-refractivity contribution is -0.121. The van der Waals surface area contributed by atoms with Crippen molar-refractivity contribution in [2.75, 3.05) is 26.2 Å². The van der Waals surface area contributed by atoms with Crippen molar-refractivity contribution in [2.45, 2.75) is 44.9 Å². The number of hydrogen-bond donors (Lipinski definition) is 2. The summed E-state index contributed by atoms with van der Waals surface area (Å²) in [5.74, 6) is 0.0751. The van der Waals surface area contributed by atoms with E-state index in [-0.39, 0.29) is 11.8 Å². The normalized spacial score (nSPS) is 15.8. The summed E-state index contributed by atoms with van der Waals surface area (Å²) in [6, 6.07) is 14.3. The molecule has 4 nitrogen and oxygen atoms in total. The summed E-state index contributed by atoms with van der Waals surface area (Å²) in [4.78, 5) is 18.8. The molecule has 2 heterocycles. The highest BCUT2D eigenvalue weighted by molar-refractivity contribution is 6.30. The standard InChI is InChI=1S/C26H32ClN3O/c1-2-19-7-6-8-22-24(18-29-26(19)22)23(20-9-11-21(27)12-10-20)17-25(31)28-13-16-30-14-4-3-5-15-30/h6-12,18,23,29H,2-5,13-17H2,1H3,(H,28,31). The van der Waals surface area contributed by atoms with E-state index in [2.05, 4.69) is 46.5 Å². The van der Waals surface area contributed by atoms with E-state index in [9.17, 15) is 4.79 Å². The number of nitrogens with one attached hydrogen (secondary N) is 2. The number of H-pyrrole nitrogens is 1. The Labute approximate surface area is 190 Å². The number of hydrogen-bond acceptors (Lipinski definition) is 2. The number of carbonyl (C=O) groups excluding carboxylic acids is 1. The SMILES string of the molecule is CCc1cccc2c(C(CC(=O)NCCN3CCCCC3)c3ccc(Cl)cc3)c[nH]c12. The van der Waals surface area contributed by atoms with Gasteiger partial charge in [-0.1, -0.05) is 55.3 Å². The van der Waals surface area contributed by atoms with Crippen molar-refractivity contribution >= 4 is 28.4 Å². The second-order valence-corrected chi connectivity index (χ2v) is 8.93. The average Bonchev–Trinajstić information content (AvgIpc) is 3.23. The van der Waals surface area contributed by atoms with E-state index in [1.807, 2.05) is 24.3 Å². The number of nitrogens with zero attached hydrogens (tertiary/aromatic N) is 1. The van der Waals surface area contributed by atoms with Crippen molar-refractivity contribution < 1.29 is 4.79 Å². The molecule has 3 aromatic rings. The summed E-state index contributed by atoms with van der Waals surface area (Å²) in [7, 11) is 0. The lowest BCUT2D eigenvalue weighted by Crippen LogP contribution is -2.38. The Morgan fingerprint density at radius 3 is 2.65 bits per heavy atom. The molecule has 0 radical (unpaired) electrons. The smallest absolute Gasteiger partial charge is 0.220 e. The van der Waals surface area contributed by atoms with Gasteiger partial charge >= 0.3 is 0 Å². The van der Waals surface area contributed by atoms with Crippen LogP contribution in [0.2, 0.25) is 5.02 Å². The number of rotatable bonds is 8. The third kappa shape index (κ3) is 5.31. The van der Waals surface area contributed by atoms with E-state index < -0.39 is 0 Å². The summed E-state index contributed by atoms with van der Waals surface area (Å²) in [6.07, 6.45) is 7.34. The van der Waals surface area contributed by atoms with Crippen LogP contribution in [-0.4, -0.2) is 42.0 Å².